The standard InChI is InChI=1S/C15H15N/c1-10-8-15(12(3)11(10)2)14-7-5-4-6-13(14)9-16/h4-7H,8H2,1-3H3. The molecule has 1 aliphatic rings. The molecule has 16 heavy (non-hydrogen) atoms. The van der Waals surface area contributed by atoms with Crippen molar-refractivity contribution in [3.05, 3.63) is 52.1 Å². The Hall–Kier alpha value is -1.81. The van der Waals surface area contributed by atoms with Crippen LogP contribution in [0.4, 0.5) is 0 Å². The van der Waals surface area contributed by atoms with Gasteiger partial charge in [-0.2, -0.15) is 5.26 Å². The van der Waals surface area contributed by atoms with Gasteiger partial charge in [0.15, 0.2) is 0 Å². The molecule has 0 amide bonds. The summed E-state index contributed by atoms with van der Waals surface area (Å²) in [4.78, 5) is 0. The Morgan fingerprint density at radius 1 is 1.06 bits per heavy atom. The van der Waals surface area contributed by atoms with Crippen LogP contribution < -0.4 is 0 Å². The molecule has 0 atom stereocenters. The maximum Gasteiger partial charge on any atom is 0.0998 e. The lowest BCUT2D eigenvalue weighted by atomic mass is 9.96. The van der Waals surface area contributed by atoms with Gasteiger partial charge in [0.1, 0.15) is 0 Å². The van der Waals surface area contributed by atoms with Crippen molar-refractivity contribution in [2.75, 3.05) is 0 Å². The van der Waals surface area contributed by atoms with Crippen molar-refractivity contribution in [3.8, 4) is 6.07 Å². The lowest BCUT2D eigenvalue weighted by Gasteiger charge is -2.07. The maximum absolute atomic E-state index is 9.11. The van der Waals surface area contributed by atoms with Gasteiger partial charge < -0.3 is 0 Å². The first-order chi connectivity index (χ1) is 7.65. The van der Waals surface area contributed by atoms with E-state index < -0.39 is 0 Å². The van der Waals surface area contributed by atoms with Crippen LogP contribution in [0.5, 0.6) is 0 Å². The van der Waals surface area contributed by atoms with Crippen LogP contribution in [0.25, 0.3) is 5.57 Å². The molecule has 0 N–H and O–H groups in total. The van der Waals surface area contributed by atoms with E-state index in [1.807, 2.05) is 24.3 Å². The van der Waals surface area contributed by atoms with Crippen molar-refractivity contribution < 1.29 is 0 Å². The number of nitrogens with zero attached hydrogens (tertiary/aromatic N) is 1. The maximum atomic E-state index is 9.11. The SMILES string of the molecule is CC1=C(C)C(C)=C(c2ccccc2C#N)C1. The van der Waals surface area contributed by atoms with Gasteiger partial charge in [-0.1, -0.05) is 23.8 Å². The topological polar surface area (TPSA) is 23.8 Å². The number of nitriles is 1. The Bertz CT molecular complexity index is 539. The van der Waals surface area contributed by atoms with E-state index in [1.165, 1.54) is 22.3 Å². The van der Waals surface area contributed by atoms with Gasteiger partial charge in [-0.15, -0.1) is 0 Å². The Morgan fingerprint density at radius 2 is 1.75 bits per heavy atom. The number of hydrogen-bond donors (Lipinski definition) is 0. The molecule has 1 aromatic rings. The molecule has 0 radical (unpaired) electrons. The van der Waals surface area contributed by atoms with Crippen LogP contribution in [0, 0.1) is 11.3 Å². The smallest absolute Gasteiger partial charge is 0.0998 e. The van der Waals surface area contributed by atoms with Gasteiger partial charge in [0, 0.05) is 0 Å². The first-order valence-corrected chi connectivity index (χ1v) is 5.51. The minimum absolute atomic E-state index is 0.777. The fourth-order valence-electron chi connectivity index (χ4n) is 2.22. The molecule has 0 fully saturated rings. The molecule has 1 aliphatic carbocycles. The molecular weight excluding hydrogens is 194 g/mol. The summed E-state index contributed by atoms with van der Waals surface area (Å²) in [5.74, 6) is 0. The van der Waals surface area contributed by atoms with E-state index in [4.69, 9.17) is 5.26 Å². The van der Waals surface area contributed by atoms with E-state index in [-0.39, 0.29) is 0 Å². The van der Waals surface area contributed by atoms with Crippen molar-refractivity contribution in [2.45, 2.75) is 27.2 Å². The van der Waals surface area contributed by atoms with Crippen molar-refractivity contribution in [1.29, 1.82) is 5.26 Å². The summed E-state index contributed by atoms with van der Waals surface area (Å²) in [6.45, 7) is 6.47. The summed E-state index contributed by atoms with van der Waals surface area (Å²) in [7, 11) is 0. The van der Waals surface area contributed by atoms with E-state index in [0.717, 1.165) is 17.5 Å². The molecule has 0 saturated carbocycles. The van der Waals surface area contributed by atoms with Crippen LogP contribution in [0.15, 0.2) is 41.0 Å². The summed E-state index contributed by atoms with van der Waals surface area (Å²) < 4.78 is 0. The zero-order valence-corrected chi connectivity index (χ0v) is 9.96. The highest BCUT2D eigenvalue weighted by Crippen LogP contribution is 2.38. The summed E-state index contributed by atoms with van der Waals surface area (Å²) in [5.41, 5.74) is 7.31. The van der Waals surface area contributed by atoms with E-state index in [0.29, 0.717) is 0 Å². The van der Waals surface area contributed by atoms with Gasteiger partial charge in [0.2, 0.25) is 0 Å². The average molecular weight is 209 g/mol. The monoisotopic (exact) mass is 209 g/mol. The molecule has 0 aromatic heterocycles. The lowest BCUT2D eigenvalue weighted by molar-refractivity contribution is 1.22. The molecule has 0 spiro atoms. The third kappa shape index (κ3) is 1.57. The molecule has 0 aliphatic heterocycles. The van der Waals surface area contributed by atoms with Crippen LogP contribution in [0.1, 0.15) is 38.3 Å². The van der Waals surface area contributed by atoms with Crippen molar-refractivity contribution >= 4 is 5.57 Å². The first-order valence-electron chi connectivity index (χ1n) is 5.51. The number of benzene rings is 1. The minimum Gasteiger partial charge on any atom is -0.192 e. The van der Waals surface area contributed by atoms with Gasteiger partial charge in [-0.3, -0.25) is 0 Å². The molecule has 0 saturated heterocycles. The highest BCUT2D eigenvalue weighted by atomic mass is 14.3. The van der Waals surface area contributed by atoms with Crippen molar-refractivity contribution in [2.24, 2.45) is 0 Å². The third-order valence-corrected chi connectivity index (χ3v) is 3.47. The van der Waals surface area contributed by atoms with Gasteiger partial charge in [-0.05, 0) is 55.5 Å². The Labute approximate surface area is 96.7 Å². The van der Waals surface area contributed by atoms with Crippen LogP contribution >= 0.6 is 0 Å². The Kier molecular flexibility index (Phi) is 2.66. The Balaban J connectivity index is 2.54. The average Bonchev–Trinajstić information content (AvgIpc) is 2.57. The highest BCUT2D eigenvalue weighted by molar-refractivity contribution is 5.80. The minimum atomic E-state index is 0.777. The fraction of sp³-hybridized carbons (Fsp3) is 0.267. The summed E-state index contributed by atoms with van der Waals surface area (Å²) >= 11 is 0. The molecule has 0 unspecified atom stereocenters. The van der Waals surface area contributed by atoms with Crippen LogP contribution in [-0.4, -0.2) is 0 Å². The summed E-state index contributed by atoms with van der Waals surface area (Å²) in [5, 5.41) is 9.11. The second-order valence-corrected chi connectivity index (χ2v) is 4.34. The molecule has 1 heteroatoms. The van der Waals surface area contributed by atoms with E-state index >= 15 is 0 Å². The zero-order valence-electron chi connectivity index (χ0n) is 9.96. The molecule has 80 valence electrons. The van der Waals surface area contributed by atoms with Gasteiger partial charge in [0.25, 0.3) is 0 Å². The third-order valence-electron chi connectivity index (χ3n) is 3.47. The van der Waals surface area contributed by atoms with Crippen LogP contribution in [-0.2, 0) is 0 Å². The van der Waals surface area contributed by atoms with Crippen molar-refractivity contribution in [3.63, 3.8) is 0 Å². The van der Waals surface area contributed by atoms with Crippen LogP contribution in [0.3, 0.4) is 0 Å². The second-order valence-electron chi connectivity index (χ2n) is 4.34. The molecule has 0 bridgehead atoms. The largest absolute Gasteiger partial charge is 0.192 e. The zero-order chi connectivity index (χ0) is 11.7. The molecule has 1 nitrogen and oxygen atoms in total. The quantitative estimate of drug-likeness (QED) is 0.684. The second kappa shape index (κ2) is 3.98. The Morgan fingerprint density at radius 3 is 2.31 bits per heavy atom. The normalized spacial score (nSPS) is 15.6. The predicted octanol–water partition coefficient (Wildman–Crippen LogP) is 4.07. The lowest BCUT2D eigenvalue weighted by Crippen LogP contribution is -1.89. The highest BCUT2D eigenvalue weighted by Gasteiger charge is 2.18. The van der Waals surface area contributed by atoms with E-state index in [9.17, 15) is 0 Å². The van der Waals surface area contributed by atoms with Gasteiger partial charge >= 0.3 is 0 Å². The molecule has 2 rings (SSSR count). The van der Waals surface area contributed by atoms with Crippen molar-refractivity contribution in [1.82, 2.24) is 0 Å². The molecule has 0 heterocycles. The number of hydrogen-bond acceptors (Lipinski definition) is 1. The number of allylic oxidation sites excluding steroid dienone is 4. The van der Waals surface area contributed by atoms with Gasteiger partial charge in [-0.25, -0.2) is 0 Å². The first kappa shape index (κ1) is 10.7. The van der Waals surface area contributed by atoms with E-state index in [2.05, 4.69) is 26.8 Å². The van der Waals surface area contributed by atoms with Crippen LogP contribution in [0.2, 0.25) is 0 Å². The molecular formula is C15H15N. The predicted molar refractivity (Wildman–Crippen MR) is 66.7 cm³/mol. The summed E-state index contributed by atoms with van der Waals surface area (Å²) in [6, 6.07) is 10.1. The van der Waals surface area contributed by atoms with E-state index in [1.54, 1.807) is 0 Å². The summed E-state index contributed by atoms with van der Waals surface area (Å²) in [6.07, 6.45) is 0.982. The molecule has 1 aromatic carbocycles. The fourth-order valence-corrected chi connectivity index (χ4v) is 2.22. The number of rotatable bonds is 1. The van der Waals surface area contributed by atoms with Gasteiger partial charge in [0.05, 0.1) is 11.6 Å².